The molecule has 0 aliphatic rings. The molecule has 2 rings (SSSR count). The fraction of sp³-hybridized carbons (Fsp3) is 0.188. The number of carbonyl (C=O) groups is 1. The quantitative estimate of drug-likeness (QED) is 0.767. The van der Waals surface area contributed by atoms with Gasteiger partial charge >= 0.3 is 0 Å². The number of rotatable bonds is 3. The Balaban J connectivity index is 2.49. The van der Waals surface area contributed by atoms with Crippen molar-refractivity contribution in [3.8, 4) is 5.75 Å². The summed E-state index contributed by atoms with van der Waals surface area (Å²) in [6.07, 6.45) is 0. The van der Waals surface area contributed by atoms with Gasteiger partial charge in [0.2, 0.25) is 0 Å². The summed E-state index contributed by atoms with van der Waals surface area (Å²) >= 11 is 0. The molecule has 0 amide bonds. The maximum atomic E-state index is 12.5. The number of carbonyl (C=O) groups excluding carboxylic acids is 1. The van der Waals surface area contributed by atoms with Crippen molar-refractivity contribution < 1.29 is 9.53 Å². The molecule has 2 aromatic rings. The van der Waals surface area contributed by atoms with E-state index < -0.39 is 0 Å². The van der Waals surface area contributed by atoms with E-state index in [-0.39, 0.29) is 5.78 Å². The second-order valence-corrected chi connectivity index (χ2v) is 4.35. The Morgan fingerprint density at radius 3 is 2.28 bits per heavy atom. The molecule has 0 bridgehead atoms. The summed E-state index contributed by atoms with van der Waals surface area (Å²) in [6, 6.07) is 13.2. The van der Waals surface area contributed by atoms with Gasteiger partial charge in [0.25, 0.3) is 0 Å². The molecule has 2 nitrogen and oxygen atoms in total. The normalized spacial score (nSPS) is 10.2. The van der Waals surface area contributed by atoms with E-state index in [9.17, 15) is 4.79 Å². The molecule has 0 saturated carbocycles. The molecule has 92 valence electrons. The molecule has 0 spiro atoms. The van der Waals surface area contributed by atoms with Gasteiger partial charge < -0.3 is 4.74 Å². The van der Waals surface area contributed by atoms with Crippen LogP contribution in [0.2, 0.25) is 0 Å². The molecular formula is C16H16O2. The Hall–Kier alpha value is -2.09. The molecule has 0 aromatic heterocycles. The van der Waals surface area contributed by atoms with Crippen LogP contribution in [0.15, 0.2) is 42.5 Å². The van der Waals surface area contributed by atoms with Gasteiger partial charge in [-0.2, -0.15) is 0 Å². The Bertz CT molecular complexity index is 568. The molecular weight excluding hydrogens is 224 g/mol. The number of methoxy groups -OCH3 is 1. The molecule has 0 fully saturated rings. The van der Waals surface area contributed by atoms with Crippen LogP contribution in [-0.4, -0.2) is 12.9 Å². The molecule has 0 saturated heterocycles. The van der Waals surface area contributed by atoms with E-state index >= 15 is 0 Å². The third-order valence-corrected chi connectivity index (χ3v) is 3.00. The van der Waals surface area contributed by atoms with Gasteiger partial charge in [-0.1, -0.05) is 42.0 Å². The highest BCUT2D eigenvalue weighted by Crippen LogP contribution is 2.24. The van der Waals surface area contributed by atoms with Crippen molar-refractivity contribution in [2.45, 2.75) is 13.8 Å². The molecule has 0 aliphatic carbocycles. The first kappa shape index (κ1) is 12.4. The maximum absolute atomic E-state index is 12.5. The fourth-order valence-electron chi connectivity index (χ4n) is 1.95. The van der Waals surface area contributed by atoms with Gasteiger partial charge in [0.15, 0.2) is 5.78 Å². The molecule has 2 aromatic carbocycles. The zero-order valence-corrected chi connectivity index (χ0v) is 10.9. The lowest BCUT2D eigenvalue weighted by Gasteiger charge is -2.10. The van der Waals surface area contributed by atoms with Gasteiger partial charge in [0.05, 0.1) is 12.7 Å². The van der Waals surface area contributed by atoms with Crippen LogP contribution in [0.3, 0.4) is 0 Å². The average molecular weight is 240 g/mol. The van der Waals surface area contributed by atoms with E-state index in [1.807, 2.05) is 56.3 Å². The van der Waals surface area contributed by atoms with Crippen molar-refractivity contribution in [1.29, 1.82) is 0 Å². The molecule has 0 N–H and O–H groups in total. The largest absolute Gasteiger partial charge is 0.496 e. The van der Waals surface area contributed by atoms with Crippen LogP contribution in [0, 0.1) is 13.8 Å². The first-order valence-corrected chi connectivity index (χ1v) is 5.88. The highest BCUT2D eigenvalue weighted by atomic mass is 16.5. The number of benzene rings is 2. The number of aryl methyl sites for hydroxylation is 2. The summed E-state index contributed by atoms with van der Waals surface area (Å²) in [6.45, 7) is 3.92. The van der Waals surface area contributed by atoms with E-state index in [1.165, 1.54) is 0 Å². The van der Waals surface area contributed by atoms with E-state index in [4.69, 9.17) is 4.74 Å². The van der Waals surface area contributed by atoms with Gasteiger partial charge in [-0.3, -0.25) is 4.79 Å². The van der Waals surface area contributed by atoms with Crippen LogP contribution in [0.4, 0.5) is 0 Å². The first-order chi connectivity index (χ1) is 8.63. The van der Waals surface area contributed by atoms with E-state index in [1.54, 1.807) is 7.11 Å². The fourth-order valence-corrected chi connectivity index (χ4v) is 1.95. The van der Waals surface area contributed by atoms with Crippen LogP contribution >= 0.6 is 0 Å². The Kier molecular flexibility index (Phi) is 3.47. The van der Waals surface area contributed by atoms with Gasteiger partial charge in [-0.15, -0.1) is 0 Å². The lowest BCUT2D eigenvalue weighted by molar-refractivity contribution is 0.103. The summed E-state index contributed by atoms with van der Waals surface area (Å²) in [5.41, 5.74) is 3.40. The summed E-state index contributed by atoms with van der Waals surface area (Å²) in [4.78, 5) is 12.5. The minimum absolute atomic E-state index is 0.00458. The summed E-state index contributed by atoms with van der Waals surface area (Å²) in [5.74, 6) is 0.630. The zero-order chi connectivity index (χ0) is 13.1. The minimum Gasteiger partial charge on any atom is -0.496 e. The van der Waals surface area contributed by atoms with Gasteiger partial charge in [-0.05, 0) is 25.5 Å². The number of hydrogen-bond donors (Lipinski definition) is 0. The Labute approximate surface area is 107 Å². The first-order valence-electron chi connectivity index (χ1n) is 5.88. The van der Waals surface area contributed by atoms with Crippen molar-refractivity contribution in [2.75, 3.05) is 7.11 Å². The topological polar surface area (TPSA) is 26.3 Å². The maximum Gasteiger partial charge on any atom is 0.197 e. The van der Waals surface area contributed by atoms with E-state index in [0.29, 0.717) is 16.9 Å². The summed E-state index contributed by atoms with van der Waals surface area (Å²) in [5, 5.41) is 0. The molecule has 18 heavy (non-hydrogen) atoms. The molecule has 0 atom stereocenters. The van der Waals surface area contributed by atoms with Crippen molar-refractivity contribution in [2.24, 2.45) is 0 Å². The van der Waals surface area contributed by atoms with Crippen LogP contribution in [0.25, 0.3) is 0 Å². The van der Waals surface area contributed by atoms with Crippen LogP contribution in [0.1, 0.15) is 27.0 Å². The highest BCUT2D eigenvalue weighted by Gasteiger charge is 2.16. The predicted molar refractivity (Wildman–Crippen MR) is 72.3 cm³/mol. The SMILES string of the molecule is COc1cccc(C)c1C(=O)c1ccc(C)cc1. The average Bonchev–Trinajstić information content (AvgIpc) is 2.38. The van der Waals surface area contributed by atoms with Crippen molar-refractivity contribution in [3.05, 3.63) is 64.7 Å². The zero-order valence-electron chi connectivity index (χ0n) is 10.9. The molecule has 0 radical (unpaired) electrons. The second kappa shape index (κ2) is 5.05. The minimum atomic E-state index is 0.00458. The van der Waals surface area contributed by atoms with Gasteiger partial charge in [-0.25, -0.2) is 0 Å². The molecule has 0 heterocycles. The monoisotopic (exact) mass is 240 g/mol. The number of hydrogen-bond acceptors (Lipinski definition) is 2. The van der Waals surface area contributed by atoms with Crippen LogP contribution in [-0.2, 0) is 0 Å². The summed E-state index contributed by atoms with van der Waals surface area (Å²) in [7, 11) is 1.58. The van der Waals surface area contributed by atoms with Crippen molar-refractivity contribution in [1.82, 2.24) is 0 Å². The van der Waals surface area contributed by atoms with E-state index in [0.717, 1.165) is 11.1 Å². The summed E-state index contributed by atoms with van der Waals surface area (Å²) < 4.78 is 5.27. The second-order valence-electron chi connectivity index (χ2n) is 4.35. The Morgan fingerprint density at radius 2 is 1.67 bits per heavy atom. The van der Waals surface area contributed by atoms with Crippen molar-refractivity contribution in [3.63, 3.8) is 0 Å². The van der Waals surface area contributed by atoms with E-state index in [2.05, 4.69) is 0 Å². The third-order valence-electron chi connectivity index (χ3n) is 3.00. The smallest absolute Gasteiger partial charge is 0.197 e. The molecule has 0 aliphatic heterocycles. The van der Waals surface area contributed by atoms with Gasteiger partial charge in [0.1, 0.15) is 5.75 Å². The number of ketones is 1. The molecule has 2 heteroatoms. The lowest BCUT2D eigenvalue weighted by atomic mass is 9.97. The standard InChI is InChI=1S/C16H16O2/c1-11-7-9-13(10-8-11)16(17)15-12(2)5-4-6-14(15)18-3/h4-10H,1-3H3. The Morgan fingerprint density at radius 1 is 1.00 bits per heavy atom. The lowest BCUT2D eigenvalue weighted by Crippen LogP contribution is -2.06. The molecule has 0 unspecified atom stereocenters. The van der Waals surface area contributed by atoms with Crippen molar-refractivity contribution >= 4 is 5.78 Å². The van der Waals surface area contributed by atoms with Crippen LogP contribution in [0.5, 0.6) is 5.75 Å². The predicted octanol–water partition coefficient (Wildman–Crippen LogP) is 3.54. The van der Waals surface area contributed by atoms with Gasteiger partial charge in [0, 0.05) is 5.56 Å². The highest BCUT2D eigenvalue weighted by molar-refractivity contribution is 6.11. The van der Waals surface area contributed by atoms with Crippen LogP contribution < -0.4 is 4.74 Å². The number of ether oxygens (including phenoxy) is 1. The third kappa shape index (κ3) is 2.28.